The van der Waals surface area contributed by atoms with Crippen molar-refractivity contribution < 1.29 is 31.9 Å². The summed E-state index contributed by atoms with van der Waals surface area (Å²) in [4.78, 5) is 23.4. The van der Waals surface area contributed by atoms with Crippen molar-refractivity contribution in [2.24, 2.45) is 11.5 Å². The molecule has 4 N–H and O–H groups in total. The van der Waals surface area contributed by atoms with Gasteiger partial charge in [0.05, 0.1) is 10.6 Å². The Morgan fingerprint density at radius 2 is 1.84 bits per heavy atom. The molecule has 0 aliphatic heterocycles. The van der Waals surface area contributed by atoms with Gasteiger partial charge in [-0.1, -0.05) is 31.0 Å². The minimum Gasteiger partial charge on any atom is -0.404 e. The summed E-state index contributed by atoms with van der Waals surface area (Å²) >= 11 is 6.12. The largest absolute Gasteiger partial charge is 0.573 e. The third-order valence-corrected chi connectivity index (χ3v) is 5.21. The average molecular weight is 472 g/mol. The first kappa shape index (κ1) is 23.4. The number of ether oxygens (including phenoxy) is 1. The molecule has 0 aliphatic rings. The Hall–Kier alpha value is -3.27. The first-order valence-corrected chi connectivity index (χ1v) is 9.84. The summed E-state index contributed by atoms with van der Waals surface area (Å²) < 4.78 is 58.8. The Morgan fingerprint density at radius 1 is 1.16 bits per heavy atom. The summed E-state index contributed by atoms with van der Waals surface area (Å²) in [6.07, 6.45) is -1.98. The van der Waals surface area contributed by atoms with E-state index < -0.39 is 40.5 Å². The van der Waals surface area contributed by atoms with E-state index in [9.17, 15) is 27.2 Å². The molecule has 0 saturated heterocycles. The standard InChI is InChI=1S/C21H18ClF4N3O3/c1-2-3-4-10-7-13-14(11-5-6-12(19(27)30)17(23)16(11)22)9-29(20(28)31)18(13)15(8-10)32-21(24,25)26/h5-9H,2-4H2,1H3,(H2,27,30)(H2,28,31). The predicted octanol–water partition coefficient (Wildman–Crippen LogP) is 5.37. The molecule has 6 nitrogen and oxygen atoms in total. The number of nitrogens with zero attached hydrogens (tertiary/aromatic N) is 1. The number of amides is 2. The number of fused-ring (bicyclic) bond motifs is 1. The predicted molar refractivity (Wildman–Crippen MR) is 111 cm³/mol. The highest BCUT2D eigenvalue weighted by molar-refractivity contribution is 6.34. The van der Waals surface area contributed by atoms with Gasteiger partial charge in [-0.3, -0.25) is 9.36 Å². The quantitative estimate of drug-likeness (QED) is 0.473. The monoisotopic (exact) mass is 471 g/mol. The second kappa shape index (κ2) is 8.70. The smallest absolute Gasteiger partial charge is 0.404 e. The molecule has 0 aliphatic carbocycles. The van der Waals surface area contributed by atoms with Gasteiger partial charge in [0, 0.05) is 22.7 Å². The molecule has 170 valence electrons. The van der Waals surface area contributed by atoms with E-state index in [1.807, 2.05) is 6.92 Å². The first-order valence-electron chi connectivity index (χ1n) is 9.46. The molecule has 0 radical (unpaired) electrons. The topological polar surface area (TPSA) is 100 Å². The lowest BCUT2D eigenvalue weighted by Crippen LogP contribution is -2.21. The Labute approximate surface area is 184 Å². The van der Waals surface area contributed by atoms with Gasteiger partial charge in [-0.2, -0.15) is 0 Å². The third kappa shape index (κ3) is 4.50. The Kier molecular flexibility index (Phi) is 6.36. The van der Waals surface area contributed by atoms with Crippen molar-refractivity contribution in [3.63, 3.8) is 0 Å². The lowest BCUT2D eigenvalue weighted by atomic mass is 9.99. The van der Waals surface area contributed by atoms with Gasteiger partial charge in [-0.25, -0.2) is 9.18 Å². The molecule has 0 unspecified atom stereocenters. The summed E-state index contributed by atoms with van der Waals surface area (Å²) in [6, 6.07) is 4.06. The van der Waals surface area contributed by atoms with Gasteiger partial charge in [0.2, 0.25) is 0 Å². The van der Waals surface area contributed by atoms with Crippen molar-refractivity contribution in [3.8, 4) is 16.9 Å². The number of unbranched alkanes of at least 4 members (excludes halogenated alkanes) is 1. The minimum atomic E-state index is -5.03. The maximum Gasteiger partial charge on any atom is 0.573 e. The Bertz CT molecular complexity index is 1220. The number of hydrogen-bond acceptors (Lipinski definition) is 3. The summed E-state index contributed by atoms with van der Waals surface area (Å²) in [5, 5.41) is -0.341. The average Bonchev–Trinajstić information content (AvgIpc) is 3.07. The van der Waals surface area contributed by atoms with Crippen LogP contribution in [0.25, 0.3) is 22.0 Å². The molecule has 2 amide bonds. The molecule has 32 heavy (non-hydrogen) atoms. The second-order valence-corrected chi connectivity index (χ2v) is 7.42. The molecule has 1 aromatic heterocycles. The van der Waals surface area contributed by atoms with E-state index in [1.54, 1.807) is 6.07 Å². The number of aryl methyl sites for hydroxylation is 1. The van der Waals surface area contributed by atoms with Gasteiger partial charge in [-0.15, -0.1) is 13.2 Å². The number of primary amides is 2. The fraction of sp³-hybridized carbons (Fsp3) is 0.238. The highest BCUT2D eigenvalue weighted by Crippen LogP contribution is 2.42. The molecule has 3 aromatic rings. The van der Waals surface area contributed by atoms with Crippen LogP contribution >= 0.6 is 11.6 Å². The van der Waals surface area contributed by atoms with Crippen LogP contribution in [-0.4, -0.2) is 22.9 Å². The zero-order valence-corrected chi connectivity index (χ0v) is 17.5. The highest BCUT2D eigenvalue weighted by atomic mass is 35.5. The molecule has 0 bridgehead atoms. The number of carbonyl (C=O) groups is 2. The molecular formula is C21H18ClF4N3O3. The normalized spacial score (nSPS) is 11.7. The van der Waals surface area contributed by atoms with Crippen LogP contribution in [0.1, 0.15) is 35.7 Å². The summed E-state index contributed by atoms with van der Waals surface area (Å²) in [5.74, 6) is -2.76. The van der Waals surface area contributed by atoms with Gasteiger partial charge in [0.15, 0.2) is 11.6 Å². The van der Waals surface area contributed by atoms with E-state index in [0.29, 0.717) is 18.4 Å². The van der Waals surface area contributed by atoms with Crippen molar-refractivity contribution in [2.45, 2.75) is 32.5 Å². The molecule has 0 saturated carbocycles. The van der Waals surface area contributed by atoms with Crippen LogP contribution in [0.3, 0.4) is 0 Å². The van der Waals surface area contributed by atoms with E-state index >= 15 is 0 Å². The molecule has 0 atom stereocenters. The molecule has 11 heteroatoms. The van der Waals surface area contributed by atoms with Gasteiger partial charge in [0.25, 0.3) is 5.91 Å². The molecule has 2 aromatic carbocycles. The van der Waals surface area contributed by atoms with Gasteiger partial charge >= 0.3 is 12.4 Å². The molecular weight excluding hydrogens is 454 g/mol. The van der Waals surface area contributed by atoms with Crippen molar-refractivity contribution >= 4 is 34.4 Å². The number of carbonyl (C=O) groups excluding carboxylic acids is 2. The lowest BCUT2D eigenvalue weighted by molar-refractivity contribution is -0.274. The molecule has 1 heterocycles. The van der Waals surface area contributed by atoms with Crippen LogP contribution in [0, 0.1) is 5.82 Å². The van der Waals surface area contributed by atoms with Crippen LogP contribution in [0.15, 0.2) is 30.5 Å². The van der Waals surface area contributed by atoms with Crippen LogP contribution in [-0.2, 0) is 6.42 Å². The fourth-order valence-corrected chi connectivity index (χ4v) is 3.71. The zero-order valence-electron chi connectivity index (χ0n) is 16.7. The maximum absolute atomic E-state index is 14.6. The van der Waals surface area contributed by atoms with Crippen LogP contribution in [0.2, 0.25) is 5.02 Å². The number of aromatic nitrogens is 1. The van der Waals surface area contributed by atoms with E-state index in [4.69, 9.17) is 23.1 Å². The number of hydrogen-bond donors (Lipinski definition) is 2. The fourth-order valence-electron chi connectivity index (χ4n) is 3.45. The Morgan fingerprint density at radius 3 is 2.41 bits per heavy atom. The van der Waals surface area contributed by atoms with Crippen molar-refractivity contribution in [3.05, 3.63) is 52.4 Å². The number of benzene rings is 2. The minimum absolute atomic E-state index is 0.0322. The second-order valence-electron chi connectivity index (χ2n) is 7.05. The number of halogens is 5. The number of nitrogens with two attached hydrogens (primary N) is 2. The highest BCUT2D eigenvalue weighted by Gasteiger charge is 2.33. The molecule has 0 spiro atoms. The van der Waals surface area contributed by atoms with E-state index in [1.165, 1.54) is 12.1 Å². The molecule has 0 fully saturated rings. The van der Waals surface area contributed by atoms with Gasteiger partial charge < -0.3 is 16.2 Å². The van der Waals surface area contributed by atoms with Crippen molar-refractivity contribution in [2.75, 3.05) is 0 Å². The van der Waals surface area contributed by atoms with E-state index in [2.05, 4.69) is 4.74 Å². The summed E-state index contributed by atoms with van der Waals surface area (Å²) in [6.45, 7) is 1.92. The van der Waals surface area contributed by atoms with E-state index in [-0.39, 0.29) is 22.0 Å². The van der Waals surface area contributed by atoms with Crippen molar-refractivity contribution in [1.82, 2.24) is 4.57 Å². The van der Waals surface area contributed by atoms with Crippen LogP contribution in [0.5, 0.6) is 5.75 Å². The van der Waals surface area contributed by atoms with Crippen molar-refractivity contribution in [1.29, 1.82) is 0 Å². The summed E-state index contributed by atoms with van der Waals surface area (Å²) in [7, 11) is 0. The van der Waals surface area contributed by atoms with Crippen LogP contribution < -0.4 is 16.2 Å². The van der Waals surface area contributed by atoms with Crippen LogP contribution in [0.4, 0.5) is 22.4 Å². The number of rotatable bonds is 6. The summed E-state index contributed by atoms with van der Waals surface area (Å²) in [5.41, 5.74) is 10.5. The van der Waals surface area contributed by atoms with E-state index in [0.717, 1.165) is 23.3 Å². The zero-order chi connectivity index (χ0) is 23.8. The number of alkyl halides is 3. The SMILES string of the molecule is CCCCc1cc(OC(F)(F)F)c2c(c1)c(-c1ccc(C(N)=O)c(F)c1Cl)cn2C(N)=O. The maximum atomic E-state index is 14.6. The Balaban J connectivity index is 2.37. The van der Waals surface area contributed by atoms with Gasteiger partial charge in [-0.05, 0) is 36.6 Å². The van der Waals surface area contributed by atoms with Gasteiger partial charge in [0.1, 0.15) is 5.52 Å². The molecule has 3 rings (SSSR count). The third-order valence-electron chi connectivity index (χ3n) is 4.84. The lowest BCUT2D eigenvalue weighted by Gasteiger charge is -2.14. The first-order chi connectivity index (χ1) is 14.9.